The fourth-order valence-corrected chi connectivity index (χ4v) is 1.49. The molecule has 0 heterocycles. The van der Waals surface area contributed by atoms with E-state index in [2.05, 4.69) is 10.6 Å². The van der Waals surface area contributed by atoms with Crippen LogP contribution in [0.2, 0.25) is 0 Å². The van der Waals surface area contributed by atoms with Gasteiger partial charge in [-0.05, 0) is 20.8 Å². The molecule has 0 radical (unpaired) electrons. The molecule has 0 fully saturated rings. The number of Topliss-reactive ketones (excluding diaryl/α,β-unsaturated/α-hetero) is 1. The van der Waals surface area contributed by atoms with Crippen LogP contribution in [0, 0.1) is 5.92 Å². The van der Waals surface area contributed by atoms with Gasteiger partial charge in [-0.15, -0.1) is 0 Å². The largest absolute Gasteiger partial charge is 0.393 e. The van der Waals surface area contributed by atoms with Crippen LogP contribution in [0.3, 0.4) is 0 Å². The summed E-state index contributed by atoms with van der Waals surface area (Å²) >= 11 is 0. The Morgan fingerprint density at radius 3 is 2.00 bits per heavy atom. The number of carbonyl (C=O) groups is 3. The van der Waals surface area contributed by atoms with E-state index in [9.17, 15) is 24.6 Å². The van der Waals surface area contributed by atoms with E-state index in [0.717, 1.165) is 0 Å². The number of rotatable bonds is 8. The number of hydrogen-bond donors (Lipinski definition) is 4. The van der Waals surface area contributed by atoms with Crippen molar-refractivity contribution in [2.75, 3.05) is 6.54 Å². The van der Waals surface area contributed by atoms with Gasteiger partial charge in [0.05, 0.1) is 18.1 Å². The molecule has 7 nitrogen and oxygen atoms in total. The molecule has 0 aliphatic carbocycles. The molecule has 2 amide bonds. The second-order valence-corrected chi connectivity index (χ2v) is 4.97. The van der Waals surface area contributed by atoms with Crippen LogP contribution in [0.4, 0.5) is 0 Å². The summed E-state index contributed by atoms with van der Waals surface area (Å²) < 4.78 is 0. The second kappa shape index (κ2) is 8.65. The molecule has 0 aromatic heterocycles. The predicted molar refractivity (Wildman–Crippen MR) is 72.8 cm³/mol. The fraction of sp³-hybridized carbons (Fsp3) is 0.769. The van der Waals surface area contributed by atoms with Crippen LogP contribution in [-0.2, 0) is 14.4 Å². The van der Waals surface area contributed by atoms with Gasteiger partial charge in [-0.1, -0.05) is 6.92 Å². The minimum Gasteiger partial charge on any atom is -0.393 e. The van der Waals surface area contributed by atoms with E-state index in [1.54, 1.807) is 6.92 Å². The van der Waals surface area contributed by atoms with Crippen LogP contribution >= 0.6 is 0 Å². The first kappa shape index (κ1) is 18.5. The number of amides is 2. The Balaban J connectivity index is 4.12. The van der Waals surface area contributed by atoms with Crippen molar-refractivity contribution in [1.29, 1.82) is 0 Å². The molecule has 0 saturated carbocycles. The number of aliphatic hydroxyl groups is 2. The first-order valence-electron chi connectivity index (χ1n) is 6.60. The Kier molecular flexibility index (Phi) is 8.02. The van der Waals surface area contributed by atoms with Gasteiger partial charge in [-0.3, -0.25) is 14.4 Å². The van der Waals surface area contributed by atoms with Gasteiger partial charge in [-0.25, -0.2) is 0 Å². The maximum absolute atomic E-state index is 11.6. The highest BCUT2D eigenvalue weighted by molar-refractivity contribution is 5.88. The van der Waals surface area contributed by atoms with Crippen molar-refractivity contribution in [3.63, 3.8) is 0 Å². The first-order chi connectivity index (χ1) is 9.16. The van der Waals surface area contributed by atoms with Crippen LogP contribution in [0.5, 0.6) is 0 Å². The molecule has 4 atom stereocenters. The molecular weight excluding hydrogens is 264 g/mol. The minimum absolute atomic E-state index is 0.00519. The zero-order valence-electron chi connectivity index (χ0n) is 12.3. The van der Waals surface area contributed by atoms with E-state index in [1.807, 2.05) is 0 Å². The highest BCUT2D eigenvalue weighted by Crippen LogP contribution is 2.01. The Bertz CT molecular complexity index is 355. The van der Waals surface area contributed by atoms with Crippen molar-refractivity contribution in [1.82, 2.24) is 10.6 Å². The monoisotopic (exact) mass is 288 g/mol. The zero-order valence-corrected chi connectivity index (χ0v) is 12.3. The minimum atomic E-state index is -0.971. The Labute approximate surface area is 118 Å². The van der Waals surface area contributed by atoms with Crippen molar-refractivity contribution in [2.45, 2.75) is 52.4 Å². The normalized spacial score (nSPS) is 16.7. The lowest BCUT2D eigenvalue weighted by molar-refractivity contribution is -0.130. The summed E-state index contributed by atoms with van der Waals surface area (Å²) in [6, 6.07) is -0.936. The summed E-state index contributed by atoms with van der Waals surface area (Å²) in [5.74, 6) is -1.66. The van der Waals surface area contributed by atoms with Gasteiger partial charge in [0, 0.05) is 13.0 Å². The molecule has 20 heavy (non-hydrogen) atoms. The SMILES string of the molecule is CC(=O)C(NC(=O)CCNC(=O)C(C)C(C)O)C(C)O. The highest BCUT2D eigenvalue weighted by atomic mass is 16.3. The van der Waals surface area contributed by atoms with E-state index in [1.165, 1.54) is 20.8 Å². The van der Waals surface area contributed by atoms with E-state index >= 15 is 0 Å². The number of hydrogen-bond acceptors (Lipinski definition) is 5. The van der Waals surface area contributed by atoms with Gasteiger partial charge in [0.1, 0.15) is 6.04 Å². The molecular formula is C13H24N2O5. The van der Waals surface area contributed by atoms with Gasteiger partial charge < -0.3 is 20.8 Å². The van der Waals surface area contributed by atoms with Crippen LogP contribution in [0.1, 0.15) is 34.1 Å². The van der Waals surface area contributed by atoms with Crippen molar-refractivity contribution < 1.29 is 24.6 Å². The maximum atomic E-state index is 11.6. The van der Waals surface area contributed by atoms with Gasteiger partial charge in [-0.2, -0.15) is 0 Å². The smallest absolute Gasteiger partial charge is 0.225 e. The number of ketones is 1. The molecule has 0 aromatic rings. The second-order valence-electron chi connectivity index (χ2n) is 4.97. The Hall–Kier alpha value is -1.47. The predicted octanol–water partition coefficient (Wildman–Crippen LogP) is -1.04. The lowest BCUT2D eigenvalue weighted by atomic mass is 10.1. The molecule has 7 heteroatoms. The summed E-state index contributed by atoms with van der Waals surface area (Å²) in [6.07, 6.45) is -1.74. The molecule has 0 bridgehead atoms. The van der Waals surface area contributed by atoms with E-state index in [-0.39, 0.29) is 24.7 Å². The van der Waals surface area contributed by atoms with Crippen LogP contribution in [0.25, 0.3) is 0 Å². The third kappa shape index (κ3) is 6.63. The molecule has 116 valence electrons. The third-order valence-corrected chi connectivity index (χ3v) is 3.03. The standard InChI is InChI=1S/C13H24N2O5/c1-7(8(2)16)13(20)14-6-5-11(19)15-12(9(3)17)10(4)18/h7-9,12,16-17H,5-6H2,1-4H3,(H,14,20)(H,15,19). The Morgan fingerprint density at radius 2 is 1.60 bits per heavy atom. The summed E-state index contributed by atoms with van der Waals surface area (Å²) in [4.78, 5) is 34.3. The van der Waals surface area contributed by atoms with Crippen molar-refractivity contribution >= 4 is 17.6 Å². The molecule has 0 aliphatic rings. The highest BCUT2D eigenvalue weighted by Gasteiger charge is 2.22. The summed E-state index contributed by atoms with van der Waals surface area (Å²) in [5.41, 5.74) is 0. The third-order valence-electron chi connectivity index (χ3n) is 3.03. The molecule has 4 N–H and O–H groups in total. The van der Waals surface area contributed by atoms with Gasteiger partial charge in [0.15, 0.2) is 5.78 Å². The van der Waals surface area contributed by atoms with Crippen LogP contribution in [-0.4, -0.2) is 52.6 Å². The van der Waals surface area contributed by atoms with Crippen molar-refractivity contribution in [3.05, 3.63) is 0 Å². The van der Waals surface area contributed by atoms with Crippen molar-refractivity contribution in [3.8, 4) is 0 Å². The lowest BCUT2D eigenvalue weighted by Crippen LogP contribution is -2.47. The fourth-order valence-electron chi connectivity index (χ4n) is 1.49. The number of carbonyl (C=O) groups excluding carboxylic acids is 3. The molecule has 0 aromatic carbocycles. The number of nitrogens with one attached hydrogen (secondary N) is 2. The summed E-state index contributed by atoms with van der Waals surface area (Å²) in [6.45, 7) is 5.89. The Morgan fingerprint density at radius 1 is 1.05 bits per heavy atom. The summed E-state index contributed by atoms with van der Waals surface area (Å²) in [5, 5.41) is 23.5. The topological polar surface area (TPSA) is 116 Å². The van der Waals surface area contributed by atoms with Crippen LogP contribution in [0.15, 0.2) is 0 Å². The molecule has 0 spiro atoms. The maximum Gasteiger partial charge on any atom is 0.225 e. The number of aliphatic hydroxyl groups excluding tert-OH is 2. The molecule has 4 unspecified atom stereocenters. The van der Waals surface area contributed by atoms with E-state index < -0.39 is 30.1 Å². The summed E-state index contributed by atoms with van der Waals surface area (Å²) in [7, 11) is 0. The lowest BCUT2D eigenvalue weighted by Gasteiger charge is -2.19. The zero-order chi connectivity index (χ0) is 15.9. The van der Waals surface area contributed by atoms with Crippen LogP contribution < -0.4 is 10.6 Å². The average Bonchev–Trinajstić information content (AvgIpc) is 2.33. The quantitative estimate of drug-likeness (QED) is 0.455. The first-order valence-corrected chi connectivity index (χ1v) is 6.60. The van der Waals surface area contributed by atoms with E-state index in [0.29, 0.717) is 0 Å². The molecule has 0 aliphatic heterocycles. The van der Waals surface area contributed by atoms with E-state index in [4.69, 9.17) is 0 Å². The van der Waals surface area contributed by atoms with Crippen molar-refractivity contribution in [2.24, 2.45) is 5.92 Å². The molecule has 0 rings (SSSR count). The van der Waals surface area contributed by atoms with Gasteiger partial charge in [0.25, 0.3) is 0 Å². The van der Waals surface area contributed by atoms with Gasteiger partial charge >= 0.3 is 0 Å². The molecule has 0 saturated heterocycles. The average molecular weight is 288 g/mol. The van der Waals surface area contributed by atoms with Gasteiger partial charge in [0.2, 0.25) is 11.8 Å².